The van der Waals surface area contributed by atoms with Gasteiger partial charge in [0.1, 0.15) is 12.1 Å². The van der Waals surface area contributed by atoms with E-state index in [0.29, 0.717) is 24.5 Å². The Morgan fingerprint density at radius 3 is 2.57 bits per heavy atom. The monoisotopic (exact) mass is 372 g/mol. The summed E-state index contributed by atoms with van der Waals surface area (Å²) in [5.74, 6) is 0.600. The average Bonchev–Trinajstić information content (AvgIpc) is 3.17. The Morgan fingerprint density at radius 1 is 1.00 bits per heavy atom. The number of nitrogens with one attached hydrogen (secondary N) is 2. The lowest BCUT2D eigenvalue weighted by molar-refractivity contribution is 0.0955. The first-order valence-electron chi connectivity index (χ1n) is 9.05. The summed E-state index contributed by atoms with van der Waals surface area (Å²) in [5.41, 5.74) is 3.45. The number of fused-ring (bicyclic) bond motifs is 1. The van der Waals surface area contributed by atoms with Gasteiger partial charge in [-0.15, -0.1) is 0 Å². The molecule has 2 aromatic heterocycles. The molecule has 2 heterocycles. The molecule has 0 spiro atoms. The summed E-state index contributed by atoms with van der Waals surface area (Å²) in [4.78, 5) is 20.8. The van der Waals surface area contributed by atoms with Crippen LogP contribution in [0.1, 0.15) is 15.9 Å². The van der Waals surface area contributed by atoms with Gasteiger partial charge in [-0.05, 0) is 31.2 Å². The number of benzene rings is 2. The maximum Gasteiger partial charge on any atom is 0.251 e. The SMILES string of the molecule is Cc1ccc(C(=O)NCCNc2ncnc3c2cnn3-c2ccccc2)cc1. The quantitative estimate of drug-likeness (QED) is 0.508. The molecule has 0 aliphatic rings. The number of hydrogen-bond acceptors (Lipinski definition) is 5. The van der Waals surface area contributed by atoms with E-state index in [-0.39, 0.29) is 5.91 Å². The van der Waals surface area contributed by atoms with Gasteiger partial charge in [0.2, 0.25) is 0 Å². The van der Waals surface area contributed by atoms with Gasteiger partial charge in [0.05, 0.1) is 17.3 Å². The summed E-state index contributed by atoms with van der Waals surface area (Å²) in [6, 6.07) is 17.3. The number of hydrogen-bond donors (Lipinski definition) is 2. The van der Waals surface area contributed by atoms with Crippen LogP contribution >= 0.6 is 0 Å². The number of carbonyl (C=O) groups excluding carboxylic acids is 1. The minimum atomic E-state index is -0.0912. The lowest BCUT2D eigenvalue weighted by Crippen LogP contribution is -2.28. The molecule has 0 fully saturated rings. The number of anilines is 1. The zero-order valence-electron chi connectivity index (χ0n) is 15.5. The van der Waals surface area contributed by atoms with E-state index in [1.165, 1.54) is 6.33 Å². The van der Waals surface area contributed by atoms with Gasteiger partial charge in [-0.1, -0.05) is 35.9 Å². The fourth-order valence-electron chi connectivity index (χ4n) is 2.91. The van der Waals surface area contributed by atoms with Crippen molar-refractivity contribution in [2.45, 2.75) is 6.92 Å². The Labute approximate surface area is 162 Å². The standard InChI is InChI=1S/C21H20N6O/c1-15-7-9-16(10-8-15)21(28)23-12-11-22-19-18-13-26-27(20(18)25-14-24-19)17-5-3-2-4-6-17/h2-10,13-14H,11-12H2,1H3,(H,23,28)(H,22,24,25). The topological polar surface area (TPSA) is 84.7 Å². The highest BCUT2D eigenvalue weighted by molar-refractivity contribution is 5.94. The molecule has 0 bridgehead atoms. The fraction of sp³-hybridized carbons (Fsp3) is 0.143. The van der Waals surface area contributed by atoms with E-state index in [1.54, 1.807) is 10.9 Å². The summed E-state index contributed by atoms with van der Waals surface area (Å²) in [7, 11) is 0. The molecule has 2 aromatic carbocycles. The number of aromatic nitrogens is 4. The second-order valence-corrected chi connectivity index (χ2v) is 6.40. The van der Waals surface area contributed by atoms with Crippen LogP contribution in [-0.2, 0) is 0 Å². The van der Waals surface area contributed by atoms with Gasteiger partial charge in [-0.2, -0.15) is 5.10 Å². The van der Waals surface area contributed by atoms with Crippen LogP contribution < -0.4 is 10.6 Å². The van der Waals surface area contributed by atoms with Crippen molar-refractivity contribution in [1.29, 1.82) is 0 Å². The first-order valence-corrected chi connectivity index (χ1v) is 9.05. The summed E-state index contributed by atoms with van der Waals surface area (Å²) in [6.45, 7) is 3.01. The summed E-state index contributed by atoms with van der Waals surface area (Å²) < 4.78 is 1.78. The number of para-hydroxylation sites is 1. The highest BCUT2D eigenvalue weighted by Gasteiger charge is 2.11. The number of nitrogens with zero attached hydrogens (tertiary/aromatic N) is 4. The molecular formula is C21H20N6O. The first kappa shape index (κ1) is 17.7. The molecule has 7 heteroatoms. The molecule has 28 heavy (non-hydrogen) atoms. The van der Waals surface area contributed by atoms with E-state index in [1.807, 2.05) is 61.5 Å². The van der Waals surface area contributed by atoms with Crippen LogP contribution in [0.15, 0.2) is 67.1 Å². The van der Waals surface area contributed by atoms with Gasteiger partial charge in [0.25, 0.3) is 5.91 Å². The molecule has 4 aromatic rings. The van der Waals surface area contributed by atoms with Crippen LogP contribution in [-0.4, -0.2) is 38.7 Å². The van der Waals surface area contributed by atoms with E-state index in [0.717, 1.165) is 22.3 Å². The second kappa shape index (κ2) is 7.87. The lowest BCUT2D eigenvalue weighted by Gasteiger charge is -2.08. The highest BCUT2D eigenvalue weighted by atomic mass is 16.1. The fourth-order valence-corrected chi connectivity index (χ4v) is 2.91. The Morgan fingerprint density at radius 2 is 1.79 bits per heavy atom. The van der Waals surface area contributed by atoms with E-state index in [2.05, 4.69) is 25.7 Å². The first-order chi connectivity index (χ1) is 13.7. The molecule has 0 atom stereocenters. The van der Waals surface area contributed by atoms with E-state index in [9.17, 15) is 4.79 Å². The Balaban J connectivity index is 1.41. The number of amides is 1. The van der Waals surface area contributed by atoms with Crippen molar-refractivity contribution in [3.63, 3.8) is 0 Å². The number of rotatable bonds is 6. The third kappa shape index (κ3) is 3.68. The maximum absolute atomic E-state index is 12.2. The molecule has 140 valence electrons. The highest BCUT2D eigenvalue weighted by Crippen LogP contribution is 2.21. The second-order valence-electron chi connectivity index (χ2n) is 6.40. The van der Waals surface area contributed by atoms with Crippen molar-refractivity contribution < 1.29 is 4.79 Å². The predicted molar refractivity (Wildman–Crippen MR) is 109 cm³/mol. The van der Waals surface area contributed by atoms with Crippen molar-refractivity contribution in [3.8, 4) is 5.69 Å². The van der Waals surface area contributed by atoms with Crippen LogP contribution in [0.3, 0.4) is 0 Å². The van der Waals surface area contributed by atoms with Crippen LogP contribution in [0.5, 0.6) is 0 Å². The zero-order chi connectivity index (χ0) is 19.3. The minimum Gasteiger partial charge on any atom is -0.368 e. The van der Waals surface area contributed by atoms with E-state index in [4.69, 9.17) is 0 Å². The van der Waals surface area contributed by atoms with Crippen molar-refractivity contribution in [2.24, 2.45) is 0 Å². The van der Waals surface area contributed by atoms with Gasteiger partial charge < -0.3 is 10.6 Å². The minimum absolute atomic E-state index is 0.0912. The van der Waals surface area contributed by atoms with Crippen molar-refractivity contribution in [2.75, 3.05) is 18.4 Å². The molecule has 2 N–H and O–H groups in total. The van der Waals surface area contributed by atoms with Crippen LogP contribution in [0.2, 0.25) is 0 Å². The normalized spacial score (nSPS) is 10.8. The Kier molecular flexibility index (Phi) is 4.97. The Hall–Kier alpha value is -3.74. The van der Waals surface area contributed by atoms with Gasteiger partial charge in [-0.3, -0.25) is 4.79 Å². The molecule has 4 rings (SSSR count). The molecule has 0 aliphatic carbocycles. The average molecular weight is 372 g/mol. The van der Waals surface area contributed by atoms with E-state index < -0.39 is 0 Å². The zero-order valence-corrected chi connectivity index (χ0v) is 15.5. The maximum atomic E-state index is 12.2. The van der Waals surface area contributed by atoms with Gasteiger partial charge >= 0.3 is 0 Å². The third-order valence-electron chi connectivity index (χ3n) is 4.38. The van der Waals surface area contributed by atoms with Gasteiger partial charge in [-0.25, -0.2) is 14.6 Å². The van der Waals surface area contributed by atoms with Crippen LogP contribution in [0.4, 0.5) is 5.82 Å². The molecule has 0 radical (unpaired) electrons. The summed E-state index contributed by atoms with van der Waals surface area (Å²) >= 11 is 0. The van der Waals surface area contributed by atoms with Crippen LogP contribution in [0.25, 0.3) is 16.7 Å². The smallest absolute Gasteiger partial charge is 0.251 e. The van der Waals surface area contributed by atoms with Gasteiger partial charge in [0.15, 0.2) is 5.65 Å². The molecule has 0 saturated carbocycles. The van der Waals surface area contributed by atoms with Crippen LogP contribution in [0, 0.1) is 6.92 Å². The third-order valence-corrected chi connectivity index (χ3v) is 4.38. The van der Waals surface area contributed by atoms with Gasteiger partial charge in [0, 0.05) is 18.7 Å². The number of aryl methyl sites for hydroxylation is 1. The van der Waals surface area contributed by atoms with E-state index >= 15 is 0 Å². The lowest BCUT2D eigenvalue weighted by atomic mass is 10.1. The predicted octanol–water partition coefficient (Wildman–Crippen LogP) is 2.97. The molecular weight excluding hydrogens is 352 g/mol. The van der Waals surface area contributed by atoms with Crippen molar-refractivity contribution >= 4 is 22.8 Å². The summed E-state index contributed by atoms with van der Waals surface area (Å²) in [5, 5.41) is 11.4. The largest absolute Gasteiger partial charge is 0.368 e. The molecule has 0 saturated heterocycles. The molecule has 1 amide bonds. The Bertz CT molecular complexity index is 1090. The molecule has 7 nitrogen and oxygen atoms in total. The van der Waals surface area contributed by atoms with Crippen molar-refractivity contribution in [3.05, 3.63) is 78.2 Å². The van der Waals surface area contributed by atoms with Crippen molar-refractivity contribution in [1.82, 2.24) is 25.1 Å². The number of carbonyl (C=O) groups is 1. The summed E-state index contributed by atoms with van der Waals surface area (Å²) in [6.07, 6.45) is 3.26. The molecule has 0 unspecified atom stereocenters. The molecule has 0 aliphatic heterocycles.